The van der Waals surface area contributed by atoms with Gasteiger partial charge in [-0.05, 0) is 43.4 Å². The molecule has 1 aliphatic carbocycles. The van der Waals surface area contributed by atoms with Crippen LogP contribution in [0.25, 0.3) is 0 Å². The normalized spacial score (nSPS) is 20.1. The lowest BCUT2D eigenvalue weighted by atomic mass is 9.93. The second-order valence-electron chi connectivity index (χ2n) is 7.32. The van der Waals surface area contributed by atoms with Gasteiger partial charge in [-0.25, -0.2) is 0 Å². The first kappa shape index (κ1) is 17.5. The van der Waals surface area contributed by atoms with Crippen molar-refractivity contribution in [1.29, 1.82) is 0 Å². The molecular weight excluding hydrogens is 368 g/mol. The quantitative estimate of drug-likeness (QED) is 0.854. The van der Waals surface area contributed by atoms with E-state index in [4.69, 9.17) is 0 Å². The summed E-state index contributed by atoms with van der Waals surface area (Å²) in [5.74, 6) is 0.412. The lowest BCUT2D eigenvalue weighted by Gasteiger charge is -2.34. The highest BCUT2D eigenvalue weighted by molar-refractivity contribution is 9.10. The minimum Gasteiger partial charge on any atom is -0.352 e. The number of carbonyl (C=O) groups excluding carboxylic acids is 2. The second kappa shape index (κ2) is 6.87. The van der Waals surface area contributed by atoms with E-state index in [9.17, 15) is 9.59 Å². The van der Waals surface area contributed by atoms with Gasteiger partial charge >= 0.3 is 0 Å². The van der Waals surface area contributed by atoms with Crippen molar-refractivity contribution in [2.75, 3.05) is 13.1 Å². The molecule has 5 heteroatoms. The summed E-state index contributed by atoms with van der Waals surface area (Å²) in [7, 11) is 0. The molecule has 130 valence electrons. The van der Waals surface area contributed by atoms with Crippen LogP contribution in [-0.4, -0.2) is 35.8 Å². The van der Waals surface area contributed by atoms with Gasteiger partial charge in [-0.15, -0.1) is 0 Å². The topological polar surface area (TPSA) is 49.4 Å². The van der Waals surface area contributed by atoms with Gasteiger partial charge in [0.2, 0.25) is 11.8 Å². The zero-order valence-electron chi connectivity index (χ0n) is 14.3. The number of hydrogen-bond donors (Lipinski definition) is 1. The maximum atomic E-state index is 12.8. The third-order valence-corrected chi connectivity index (χ3v) is 5.75. The first-order chi connectivity index (χ1) is 11.4. The van der Waals surface area contributed by atoms with Crippen molar-refractivity contribution in [2.24, 2.45) is 5.92 Å². The molecule has 0 spiro atoms. The SMILES string of the molecule is CC(C)C(=O)N1CCC(NC(=O)C2(c3ccc(Br)cc3)CC2)CC1. The minimum atomic E-state index is -0.328. The monoisotopic (exact) mass is 392 g/mol. The molecule has 0 radical (unpaired) electrons. The Balaban J connectivity index is 1.57. The molecule has 1 aliphatic heterocycles. The molecule has 1 saturated heterocycles. The molecule has 2 amide bonds. The van der Waals surface area contributed by atoms with Gasteiger partial charge in [-0.3, -0.25) is 9.59 Å². The molecule has 3 rings (SSSR count). The van der Waals surface area contributed by atoms with Gasteiger partial charge in [-0.2, -0.15) is 0 Å². The van der Waals surface area contributed by atoms with Crippen LogP contribution in [0, 0.1) is 5.92 Å². The van der Waals surface area contributed by atoms with Crippen LogP contribution in [0.4, 0.5) is 0 Å². The third kappa shape index (κ3) is 3.51. The Hall–Kier alpha value is -1.36. The fourth-order valence-electron chi connectivity index (χ4n) is 3.47. The third-order valence-electron chi connectivity index (χ3n) is 5.22. The Morgan fingerprint density at radius 1 is 1.17 bits per heavy atom. The van der Waals surface area contributed by atoms with Crippen LogP contribution in [0.5, 0.6) is 0 Å². The summed E-state index contributed by atoms with van der Waals surface area (Å²) in [5.41, 5.74) is 0.779. The first-order valence-corrected chi connectivity index (χ1v) is 9.57. The molecular formula is C19H25BrN2O2. The van der Waals surface area contributed by atoms with Crippen LogP contribution in [-0.2, 0) is 15.0 Å². The van der Waals surface area contributed by atoms with Crippen LogP contribution >= 0.6 is 15.9 Å². The highest BCUT2D eigenvalue weighted by Gasteiger charge is 2.51. The van der Waals surface area contributed by atoms with Gasteiger partial charge in [0.05, 0.1) is 5.41 Å². The molecule has 1 N–H and O–H groups in total. The van der Waals surface area contributed by atoms with Gasteiger partial charge < -0.3 is 10.2 Å². The lowest BCUT2D eigenvalue weighted by molar-refractivity contribution is -0.135. The predicted molar refractivity (Wildman–Crippen MR) is 97.6 cm³/mol. The molecule has 1 heterocycles. The summed E-state index contributed by atoms with van der Waals surface area (Å²) in [6, 6.07) is 8.26. The molecule has 0 unspecified atom stereocenters. The molecule has 0 aromatic heterocycles. The van der Waals surface area contributed by atoms with Crippen molar-refractivity contribution in [3.8, 4) is 0 Å². The van der Waals surface area contributed by atoms with Crippen molar-refractivity contribution in [2.45, 2.75) is 51.0 Å². The number of likely N-dealkylation sites (tertiary alicyclic amines) is 1. The molecule has 1 aromatic rings. The first-order valence-electron chi connectivity index (χ1n) is 8.78. The van der Waals surface area contributed by atoms with Gasteiger partial charge in [0, 0.05) is 29.5 Å². The molecule has 24 heavy (non-hydrogen) atoms. The molecule has 2 aliphatic rings. The lowest BCUT2D eigenvalue weighted by Crippen LogP contribution is -2.49. The van der Waals surface area contributed by atoms with Crippen molar-refractivity contribution in [3.63, 3.8) is 0 Å². The Bertz CT molecular complexity index is 615. The molecule has 0 atom stereocenters. The van der Waals surface area contributed by atoms with Crippen LogP contribution in [0.1, 0.15) is 45.1 Å². The smallest absolute Gasteiger partial charge is 0.230 e. The van der Waals surface area contributed by atoms with Gasteiger partial charge in [0.15, 0.2) is 0 Å². The van der Waals surface area contributed by atoms with Crippen LogP contribution in [0.3, 0.4) is 0 Å². The van der Waals surface area contributed by atoms with Crippen LogP contribution in [0.2, 0.25) is 0 Å². The van der Waals surface area contributed by atoms with E-state index in [2.05, 4.69) is 21.2 Å². The Morgan fingerprint density at radius 3 is 2.25 bits per heavy atom. The maximum Gasteiger partial charge on any atom is 0.230 e. The zero-order chi connectivity index (χ0) is 17.3. The number of rotatable bonds is 4. The average Bonchev–Trinajstić information content (AvgIpc) is 3.37. The van der Waals surface area contributed by atoms with E-state index in [0.29, 0.717) is 0 Å². The molecule has 4 nitrogen and oxygen atoms in total. The molecule has 1 aromatic carbocycles. The van der Waals surface area contributed by atoms with Gasteiger partial charge in [0.1, 0.15) is 0 Å². The van der Waals surface area contributed by atoms with E-state index in [1.807, 2.05) is 43.0 Å². The Morgan fingerprint density at radius 2 is 1.75 bits per heavy atom. The number of amides is 2. The summed E-state index contributed by atoms with van der Waals surface area (Å²) in [5, 5.41) is 3.23. The highest BCUT2D eigenvalue weighted by Crippen LogP contribution is 2.48. The van der Waals surface area contributed by atoms with Crippen molar-refractivity contribution in [1.82, 2.24) is 10.2 Å². The molecule has 1 saturated carbocycles. The largest absolute Gasteiger partial charge is 0.352 e. The van der Waals surface area contributed by atoms with E-state index >= 15 is 0 Å². The number of halogens is 1. The van der Waals surface area contributed by atoms with E-state index in [1.165, 1.54) is 0 Å². The molecule has 0 bridgehead atoms. The van der Waals surface area contributed by atoms with E-state index in [0.717, 1.165) is 48.8 Å². The van der Waals surface area contributed by atoms with E-state index in [-0.39, 0.29) is 29.2 Å². The van der Waals surface area contributed by atoms with Crippen molar-refractivity contribution >= 4 is 27.7 Å². The van der Waals surface area contributed by atoms with E-state index < -0.39 is 0 Å². The average molecular weight is 393 g/mol. The van der Waals surface area contributed by atoms with E-state index in [1.54, 1.807) is 0 Å². The van der Waals surface area contributed by atoms with Crippen molar-refractivity contribution < 1.29 is 9.59 Å². The number of nitrogens with one attached hydrogen (secondary N) is 1. The standard InChI is InChI=1S/C19H25BrN2O2/c1-13(2)17(23)22-11-7-16(8-12-22)21-18(24)19(9-10-19)14-3-5-15(20)6-4-14/h3-6,13,16H,7-12H2,1-2H3,(H,21,24). The summed E-state index contributed by atoms with van der Waals surface area (Å²) >= 11 is 3.44. The Labute approximate surface area is 152 Å². The van der Waals surface area contributed by atoms with Crippen molar-refractivity contribution in [3.05, 3.63) is 34.3 Å². The number of carbonyl (C=O) groups is 2. The number of hydrogen-bond acceptors (Lipinski definition) is 2. The highest BCUT2D eigenvalue weighted by atomic mass is 79.9. The van der Waals surface area contributed by atoms with Gasteiger partial charge in [-0.1, -0.05) is 41.9 Å². The maximum absolute atomic E-state index is 12.8. The summed E-state index contributed by atoms with van der Waals surface area (Å²) in [4.78, 5) is 26.8. The second-order valence-corrected chi connectivity index (χ2v) is 8.23. The van der Waals surface area contributed by atoms with Crippen LogP contribution in [0.15, 0.2) is 28.7 Å². The predicted octanol–water partition coefficient (Wildman–Crippen LogP) is 3.24. The minimum absolute atomic E-state index is 0.0447. The fourth-order valence-corrected chi connectivity index (χ4v) is 3.74. The molecule has 2 fully saturated rings. The van der Waals surface area contributed by atoms with Gasteiger partial charge in [0.25, 0.3) is 0 Å². The summed E-state index contributed by atoms with van der Waals surface area (Å²) in [6.07, 6.45) is 3.54. The van der Waals surface area contributed by atoms with Crippen LogP contribution < -0.4 is 5.32 Å². The number of benzene rings is 1. The number of piperidine rings is 1. The zero-order valence-corrected chi connectivity index (χ0v) is 15.9. The summed E-state index contributed by atoms with van der Waals surface area (Å²) < 4.78 is 1.03. The fraction of sp³-hybridized carbons (Fsp3) is 0.579. The summed E-state index contributed by atoms with van der Waals surface area (Å²) in [6.45, 7) is 5.36. The Kier molecular flexibility index (Phi) is 5.00. The number of nitrogens with zero attached hydrogens (tertiary/aromatic N) is 1.